The van der Waals surface area contributed by atoms with Gasteiger partial charge >= 0.3 is 6.01 Å². The number of ether oxygens (including phenoxy) is 3. The lowest BCUT2D eigenvalue weighted by Crippen LogP contribution is -2.41. The minimum atomic E-state index is -0.329. The van der Waals surface area contributed by atoms with E-state index in [0.717, 1.165) is 47.2 Å². The van der Waals surface area contributed by atoms with Crippen LogP contribution in [-0.2, 0) is 16.1 Å². The van der Waals surface area contributed by atoms with Gasteiger partial charge in [-0.2, -0.15) is 9.97 Å². The number of benzene rings is 1. The van der Waals surface area contributed by atoms with E-state index >= 15 is 0 Å². The molecule has 10 nitrogen and oxygen atoms in total. The van der Waals surface area contributed by atoms with Gasteiger partial charge in [-0.1, -0.05) is 0 Å². The second kappa shape index (κ2) is 9.16. The van der Waals surface area contributed by atoms with Crippen LogP contribution in [0.15, 0.2) is 30.5 Å². The maximum Gasteiger partial charge on any atom is 0.326 e. The molecule has 1 aliphatic carbocycles. The molecule has 2 fully saturated rings. The van der Waals surface area contributed by atoms with Crippen molar-refractivity contribution < 1.29 is 18.6 Å². The second-order valence-corrected chi connectivity index (χ2v) is 9.35. The lowest BCUT2D eigenvalue weighted by Gasteiger charge is -2.31. The zero-order chi connectivity index (χ0) is 24.8. The molecule has 1 saturated heterocycles. The van der Waals surface area contributed by atoms with E-state index in [9.17, 15) is 4.39 Å². The van der Waals surface area contributed by atoms with Gasteiger partial charge < -0.3 is 35.1 Å². The maximum absolute atomic E-state index is 14.5. The number of halogens is 1. The fourth-order valence-electron chi connectivity index (χ4n) is 5.42. The van der Waals surface area contributed by atoms with Crippen LogP contribution < -0.4 is 20.7 Å². The van der Waals surface area contributed by atoms with Gasteiger partial charge in [-0.15, -0.1) is 0 Å². The van der Waals surface area contributed by atoms with Crippen molar-refractivity contribution >= 4 is 33.4 Å². The second-order valence-electron chi connectivity index (χ2n) is 9.35. The number of anilines is 2. The van der Waals surface area contributed by atoms with E-state index < -0.39 is 0 Å². The number of nitrogens with zero attached hydrogens (tertiary/aromatic N) is 4. The largest absolute Gasteiger partial charge is 0.423 e. The highest BCUT2D eigenvalue weighted by Gasteiger charge is 2.44. The molecule has 11 heteroatoms. The van der Waals surface area contributed by atoms with Gasteiger partial charge in [0.25, 0.3) is 0 Å². The summed E-state index contributed by atoms with van der Waals surface area (Å²) in [5, 5.41) is 4.57. The monoisotopic (exact) mass is 493 g/mol. The Morgan fingerprint density at radius 2 is 2.14 bits per heavy atom. The Hall–Kier alpha value is -3.54. The zero-order valence-electron chi connectivity index (χ0n) is 20.1. The Morgan fingerprint density at radius 1 is 1.25 bits per heavy atom. The molecule has 188 valence electrons. The Labute approximate surface area is 207 Å². The van der Waals surface area contributed by atoms with Gasteiger partial charge in [-0.05, 0) is 43.0 Å². The van der Waals surface area contributed by atoms with Crippen LogP contribution in [0.4, 0.5) is 15.9 Å². The first kappa shape index (κ1) is 22.9. The molecular formula is C25H28FN7O3. The molecule has 3 aromatic heterocycles. The van der Waals surface area contributed by atoms with E-state index in [-0.39, 0.29) is 30.7 Å². The Balaban J connectivity index is 1.41. The highest BCUT2D eigenvalue weighted by Crippen LogP contribution is 2.44. The average Bonchev–Trinajstić information content (AvgIpc) is 3.56. The molecule has 1 aliphatic heterocycles. The predicted molar refractivity (Wildman–Crippen MR) is 134 cm³/mol. The number of pyridine rings is 1. The van der Waals surface area contributed by atoms with Gasteiger partial charge in [-0.25, -0.2) is 4.39 Å². The van der Waals surface area contributed by atoms with Crippen molar-refractivity contribution in [3.05, 3.63) is 42.0 Å². The van der Waals surface area contributed by atoms with E-state index in [0.29, 0.717) is 29.6 Å². The number of piperidine rings is 1. The summed E-state index contributed by atoms with van der Waals surface area (Å²) in [5.41, 5.74) is 9.06. The maximum atomic E-state index is 14.5. The van der Waals surface area contributed by atoms with E-state index in [2.05, 4.69) is 25.2 Å². The highest BCUT2D eigenvalue weighted by molar-refractivity contribution is 6.14. The number of hydrogen-bond donors (Lipinski definition) is 3. The number of H-pyrrole nitrogens is 1. The zero-order valence-corrected chi connectivity index (χ0v) is 20.1. The van der Waals surface area contributed by atoms with Gasteiger partial charge in [0.1, 0.15) is 29.8 Å². The van der Waals surface area contributed by atoms with Crippen molar-refractivity contribution in [3.8, 4) is 11.8 Å². The third-order valence-electron chi connectivity index (χ3n) is 7.08. The number of hydrogen-bond acceptors (Lipinski definition) is 9. The molecule has 0 radical (unpaired) electrons. The molecule has 1 aromatic carbocycles. The summed E-state index contributed by atoms with van der Waals surface area (Å²) in [6, 6.07) is 7.27. The molecule has 3 atom stereocenters. The van der Waals surface area contributed by atoms with Crippen molar-refractivity contribution in [1.82, 2.24) is 19.9 Å². The van der Waals surface area contributed by atoms with Crippen LogP contribution in [0, 0.1) is 11.7 Å². The van der Waals surface area contributed by atoms with Crippen LogP contribution in [0.3, 0.4) is 0 Å². The summed E-state index contributed by atoms with van der Waals surface area (Å²) < 4.78 is 30.8. The topological polar surface area (TPSA) is 123 Å². The SMILES string of the molecule is CNc1cc(F)cc2c1[nH]c1nc(Oc3ccc(COCOC)nc3)nc(N3C[C@@H]4C[C@H]3C[C@@H]4N)c12. The van der Waals surface area contributed by atoms with Gasteiger partial charge in [0.2, 0.25) is 0 Å². The summed E-state index contributed by atoms with van der Waals surface area (Å²) in [4.78, 5) is 19.5. The van der Waals surface area contributed by atoms with Gasteiger partial charge in [0, 0.05) is 38.2 Å². The number of fused-ring (bicyclic) bond motifs is 5. The van der Waals surface area contributed by atoms with E-state index in [1.807, 2.05) is 6.07 Å². The number of rotatable bonds is 8. The number of nitrogens with two attached hydrogens (primary N) is 1. The van der Waals surface area contributed by atoms with Crippen molar-refractivity contribution in [3.63, 3.8) is 0 Å². The van der Waals surface area contributed by atoms with Crippen LogP contribution in [0.1, 0.15) is 18.5 Å². The minimum Gasteiger partial charge on any atom is -0.423 e. The molecule has 2 aliphatic rings. The molecule has 6 rings (SSSR count). The number of aromatic amines is 1. The number of aromatic nitrogens is 4. The summed E-state index contributed by atoms with van der Waals surface area (Å²) in [6.07, 6.45) is 3.54. The van der Waals surface area contributed by atoms with Crippen molar-refractivity contribution in [2.45, 2.75) is 31.5 Å². The predicted octanol–water partition coefficient (Wildman–Crippen LogP) is 3.53. The third-order valence-corrected chi connectivity index (χ3v) is 7.08. The summed E-state index contributed by atoms with van der Waals surface area (Å²) >= 11 is 0. The third kappa shape index (κ3) is 3.98. The molecule has 0 spiro atoms. The van der Waals surface area contributed by atoms with Gasteiger partial charge in [0.15, 0.2) is 0 Å². The minimum absolute atomic E-state index is 0.188. The fraction of sp³-hybridized carbons (Fsp3) is 0.400. The van der Waals surface area contributed by atoms with Crippen LogP contribution in [0.2, 0.25) is 0 Å². The Bertz CT molecular complexity index is 1410. The summed E-state index contributed by atoms with van der Waals surface area (Å²) in [6.45, 7) is 1.33. The van der Waals surface area contributed by atoms with Crippen LogP contribution in [-0.4, -0.2) is 59.5 Å². The normalized spacial score (nSPS) is 21.1. The first-order chi connectivity index (χ1) is 17.5. The van der Waals surface area contributed by atoms with Crippen LogP contribution in [0.25, 0.3) is 21.9 Å². The quantitative estimate of drug-likeness (QED) is 0.250. The molecule has 2 bridgehead atoms. The van der Waals surface area contributed by atoms with Gasteiger partial charge in [0.05, 0.1) is 35.1 Å². The molecule has 1 saturated carbocycles. The molecule has 36 heavy (non-hydrogen) atoms. The van der Waals surface area contributed by atoms with Crippen molar-refractivity contribution in [1.29, 1.82) is 0 Å². The van der Waals surface area contributed by atoms with Crippen molar-refractivity contribution in [2.75, 3.05) is 37.7 Å². The summed E-state index contributed by atoms with van der Waals surface area (Å²) in [5.74, 6) is 1.31. The average molecular weight is 494 g/mol. The Morgan fingerprint density at radius 3 is 2.83 bits per heavy atom. The van der Waals surface area contributed by atoms with E-state index in [1.54, 1.807) is 26.4 Å². The molecule has 0 amide bonds. The molecular weight excluding hydrogens is 465 g/mol. The first-order valence-corrected chi connectivity index (χ1v) is 12.0. The number of nitrogens with one attached hydrogen (secondary N) is 2. The number of methoxy groups -OCH3 is 1. The lowest BCUT2D eigenvalue weighted by molar-refractivity contribution is -0.0401. The van der Waals surface area contributed by atoms with E-state index in [1.165, 1.54) is 12.1 Å². The van der Waals surface area contributed by atoms with Crippen molar-refractivity contribution in [2.24, 2.45) is 11.7 Å². The highest BCUT2D eigenvalue weighted by atomic mass is 19.1. The first-order valence-electron chi connectivity index (χ1n) is 12.0. The lowest BCUT2D eigenvalue weighted by atomic mass is 10.0. The fourth-order valence-corrected chi connectivity index (χ4v) is 5.42. The van der Waals surface area contributed by atoms with Gasteiger partial charge in [-0.3, -0.25) is 4.98 Å². The van der Waals surface area contributed by atoms with Crippen LogP contribution >= 0.6 is 0 Å². The molecule has 4 heterocycles. The smallest absolute Gasteiger partial charge is 0.326 e. The molecule has 0 unspecified atom stereocenters. The molecule has 4 N–H and O–H groups in total. The van der Waals surface area contributed by atoms with E-state index in [4.69, 9.17) is 24.9 Å². The summed E-state index contributed by atoms with van der Waals surface area (Å²) in [7, 11) is 3.33. The van der Waals surface area contributed by atoms with Crippen LogP contribution in [0.5, 0.6) is 11.8 Å². The Kier molecular flexibility index (Phi) is 5.82. The molecule has 4 aromatic rings. The standard InChI is InChI=1S/C25H28FN7O3/c1-28-20-7-14(26)6-18-21-23(30-22(18)20)31-25(32-24(21)33-10-13-5-16(33)8-19(13)27)36-17-4-3-15(29-9-17)11-35-12-34-2/h3-4,6-7,9,13,16,19,28H,5,8,10-12,27H2,1-2H3,(H,30,31,32)/t13-,16-,19-/m0/s1.